The molecule has 1 saturated heterocycles. The lowest BCUT2D eigenvalue weighted by molar-refractivity contribution is 0.0382. The Labute approximate surface area is 100 Å². The number of rotatable bonds is 5. The first-order valence-electron chi connectivity index (χ1n) is 7.16. The number of hydrogen-bond donors (Lipinski definition) is 1. The highest BCUT2D eigenvalue weighted by atomic mass is 16.3. The summed E-state index contributed by atoms with van der Waals surface area (Å²) in [6.45, 7) is 6.60. The second-order valence-corrected chi connectivity index (χ2v) is 5.86. The van der Waals surface area contributed by atoms with E-state index in [1.54, 1.807) is 0 Å². The van der Waals surface area contributed by atoms with Crippen LogP contribution in [0.25, 0.3) is 0 Å². The lowest BCUT2D eigenvalue weighted by atomic mass is 9.78. The van der Waals surface area contributed by atoms with E-state index < -0.39 is 0 Å². The predicted octanol–water partition coefficient (Wildman–Crippen LogP) is 2.52. The SMILES string of the molecule is CCCC1CN(CC2CCCCC2CO)C1. The molecule has 16 heavy (non-hydrogen) atoms. The molecule has 2 rings (SSSR count). The number of nitrogens with zero attached hydrogens (tertiary/aromatic N) is 1. The van der Waals surface area contributed by atoms with Crippen LogP contribution in [0.4, 0.5) is 0 Å². The summed E-state index contributed by atoms with van der Waals surface area (Å²) < 4.78 is 0. The molecule has 1 heterocycles. The molecule has 2 nitrogen and oxygen atoms in total. The van der Waals surface area contributed by atoms with Crippen molar-refractivity contribution in [3.63, 3.8) is 0 Å². The van der Waals surface area contributed by atoms with Gasteiger partial charge in [-0.1, -0.05) is 26.2 Å². The Balaban J connectivity index is 1.69. The van der Waals surface area contributed by atoms with Gasteiger partial charge < -0.3 is 10.0 Å². The van der Waals surface area contributed by atoms with Crippen LogP contribution in [0.15, 0.2) is 0 Å². The summed E-state index contributed by atoms with van der Waals surface area (Å²) in [7, 11) is 0. The van der Waals surface area contributed by atoms with Crippen molar-refractivity contribution in [3.05, 3.63) is 0 Å². The molecule has 0 radical (unpaired) electrons. The molecule has 2 atom stereocenters. The Kier molecular flexibility index (Phi) is 4.66. The first-order chi connectivity index (χ1) is 7.83. The fourth-order valence-corrected chi connectivity index (χ4v) is 3.51. The first kappa shape index (κ1) is 12.4. The Morgan fingerprint density at radius 3 is 2.44 bits per heavy atom. The van der Waals surface area contributed by atoms with Gasteiger partial charge in [0.05, 0.1) is 0 Å². The van der Waals surface area contributed by atoms with Crippen LogP contribution in [0.1, 0.15) is 45.4 Å². The highest BCUT2D eigenvalue weighted by molar-refractivity contribution is 4.84. The second-order valence-electron chi connectivity index (χ2n) is 5.86. The Morgan fingerprint density at radius 2 is 1.81 bits per heavy atom. The van der Waals surface area contributed by atoms with Gasteiger partial charge in [-0.2, -0.15) is 0 Å². The summed E-state index contributed by atoms with van der Waals surface area (Å²) in [5.41, 5.74) is 0. The minimum Gasteiger partial charge on any atom is -0.396 e. The largest absolute Gasteiger partial charge is 0.396 e. The normalized spacial score (nSPS) is 32.6. The third-order valence-electron chi connectivity index (χ3n) is 4.52. The molecule has 0 spiro atoms. The van der Waals surface area contributed by atoms with E-state index in [2.05, 4.69) is 11.8 Å². The fraction of sp³-hybridized carbons (Fsp3) is 1.00. The molecule has 0 aromatic carbocycles. The molecule has 94 valence electrons. The van der Waals surface area contributed by atoms with Gasteiger partial charge in [0.15, 0.2) is 0 Å². The van der Waals surface area contributed by atoms with E-state index in [-0.39, 0.29) is 0 Å². The van der Waals surface area contributed by atoms with Gasteiger partial charge in [-0.15, -0.1) is 0 Å². The van der Waals surface area contributed by atoms with Crippen LogP contribution < -0.4 is 0 Å². The Hall–Kier alpha value is -0.0800. The average Bonchev–Trinajstić information content (AvgIpc) is 2.27. The van der Waals surface area contributed by atoms with Crippen molar-refractivity contribution in [2.45, 2.75) is 45.4 Å². The van der Waals surface area contributed by atoms with E-state index in [0.717, 1.165) is 11.8 Å². The molecule has 2 aliphatic rings. The molecule has 0 aromatic rings. The molecular formula is C14H27NO. The van der Waals surface area contributed by atoms with Gasteiger partial charge in [-0.25, -0.2) is 0 Å². The van der Waals surface area contributed by atoms with Crippen LogP contribution in [0, 0.1) is 17.8 Å². The van der Waals surface area contributed by atoms with Crippen LogP contribution >= 0.6 is 0 Å². The highest BCUT2D eigenvalue weighted by Crippen LogP contribution is 2.32. The minimum atomic E-state index is 0.414. The van der Waals surface area contributed by atoms with Gasteiger partial charge in [0, 0.05) is 26.2 Å². The van der Waals surface area contributed by atoms with Gasteiger partial charge in [-0.3, -0.25) is 0 Å². The number of likely N-dealkylation sites (tertiary alicyclic amines) is 1. The van der Waals surface area contributed by atoms with Gasteiger partial charge >= 0.3 is 0 Å². The fourth-order valence-electron chi connectivity index (χ4n) is 3.51. The van der Waals surface area contributed by atoms with E-state index in [1.807, 2.05) is 0 Å². The highest BCUT2D eigenvalue weighted by Gasteiger charge is 2.31. The molecule has 0 bridgehead atoms. The van der Waals surface area contributed by atoms with Gasteiger partial charge in [-0.05, 0) is 37.0 Å². The maximum absolute atomic E-state index is 9.38. The topological polar surface area (TPSA) is 23.5 Å². The molecule has 2 unspecified atom stereocenters. The quantitative estimate of drug-likeness (QED) is 0.777. The first-order valence-corrected chi connectivity index (χ1v) is 7.16. The van der Waals surface area contributed by atoms with Crippen molar-refractivity contribution < 1.29 is 5.11 Å². The van der Waals surface area contributed by atoms with E-state index in [4.69, 9.17) is 0 Å². The molecular weight excluding hydrogens is 198 g/mol. The zero-order valence-electron chi connectivity index (χ0n) is 10.7. The molecule has 0 amide bonds. The summed E-state index contributed by atoms with van der Waals surface area (Å²) >= 11 is 0. The molecule has 1 aliphatic carbocycles. The third-order valence-corrected chi connectivity index (χ3v) is 4.52. The molecule has 1 aliphatic heterocycles. The minimum absolute atomic E-state index is 0.414. The summed E-state index contributed by atoms with van der Waals surface area (Å²) in [5.74, 6) is 2.35. The number of aliphatic hydroxyl groups is 1. The average molecular weight is 225 g/mol. The van der Waals surface area contributed by atoms with Crippen molar-refractivity contribution in [1.29, 1.82) is 0 Å². The number of hydrogen-bond acceptors (Lipinski definition) is 2. The lowest BCUT2D eigenvalue weighted by Crippen LogP contribution is -2.49. The van der Waals surface area contributed by atoms with Crippen LogP contribution in [0.5, 0.6) is 0 Å². The van der Waals surface area contributed by atoms with Crippen LogP contribution in [0.3, 0.4) is 0 Å². The molecule has 0 aromatic heterocycles. The van der Waals surface area contributed by atoms with E-state index in [0.29, 0.717) is 12.5 Å². The summed E-state index contributed by atoms with van der Waals surface area (Å²) in [4.78, 5) is 2.61. The van der Waals surface area contributed by atoms with E-state index in [1.165, 1.54) is 58.2 Å². The van der Waals surface area contributed by atoms with E-state index >= 15 is 0 Å². The summed E-state index contributed by atoms with van der Waals surface area (Å²) in [6, 6.07) is 0. The smallest absolute Gasteiger partial charge is 0.0462 e. The monoisotopic (exact) mass is 225 g/mol. The van der Waals surface area contributed by atoms with E-state index in [9.17, 15) is 5.11 Å². The van der Waals surface area contributed by atoms with Crippen LogP contribution in [-0.2, 0) is 0 Å². The van der Waals surface area contributed by atoms with Crippen LogP contribution in [-0.4, -0.2) is 36.2 Å². The lowest BCUT2D eigenvalue weighted by Gasteiger charge is -2.43. The molecule has 1 saturated carbocycles. The van der Waals surface area contributed by atoms with Gasteiger partial charge in [0.2, 0.25) is 0 Å². The third kappa shape index (κ3) is 2.98. The Morgan fingerprint density at radius 1 is 1.12 bits per heavy atom. The van der Waals surface area contributed by atoms with Gasteiger partial charge in [0.25, 0.3) is 0 Å². The predicted molar refractivity (Wildman–Crippen MR) is 67.4 cm³/mol. The van der Waals surface area contributed by atoms with Crippen molar-refractivity contribution in [2.75, 3.05) is 26.2 Å². The molecule has 2 fully saturated rings. The zero-order chi connectivity index (χ0) is 11.4. The molecule has 1 N–H and O–H groups in total. The van der Waals surface area contributed by atoms with Crippen LogP contribution in [0.2, 0.25) is 0 Å². The zero-order valence-corrected chi connectivity index (χ0v) is 10.7. The number of aliphatic hydroxyl groups excluding tert-OH is 1. The summed E-state index contributed by atoms with van der Waals surface area (Å²) in [6.07, 6.45) is 8.06. The van der Waals surface area contributed by atoms with Crippen molar-refractivity contribution in [2.24, 2.45) is 17.8 Å². The van der Waals surface area contributed by atoms with Crippen molar-refractivity contribution in [3.8, 4) is 0 Å². The standard InChI is InChI=1S/C14H27NO/c1-2-5-12-8-15(9-12)10-13-6-3-4-7-14(13)11-16/h12-14,16H,2-11H2,1H3. The summed E-state index contributed by atoms with van der Waals surface area (Å²) in [5, 5.41) is 9.38. The second kappa shape index (κ2) is 6.02. The maximum atomic E-state index is 9.38. The molecule has 2 heteroatoms. The van der Waals surface area contributed by atoms with Crippen molar-refractivity contribution >= 4 is 0 Å². The maximum Gasteiger partial charge on any atom is 0.0462 e. The Bertz CT molecular complexity index is 201. The van der Waals surface area contributed by atoms with Crippen molar-refractivity contribution in [1.82, 2.24) is 4.90 Å². The van der Waals surface area contributed by atoms with Gasteiger partial charge in [0.1, 0.15) is 0 Å².